The van der Waals surface area contributed by atoms with E-state index in [1.54, 1.807) is 24.3 Å². The fourth-order valence-corrected chi connectivity index (χ4v) is 2.86. The van der Waals surface area contributed by atoms with Crippen LogP contribution in [-0.2, 0) is 17.1 Å². The molecule has 0 atom stereocenters. The Morgan fingerprint density at radius 3 is 2.35 bits per heavy atom. The molecule has 0 saturated carbocycles. The number of anilines is 1. The van der Waals surface area contributed by atoms with E-state index in [0.717, 1.165) is 11.6 Å². The van der Waals surface area contributed by atoms with E-state index >= 15 is 0 Å². The summed E-state index contributed by atoms with van der Waals surface area (Å²) in [5, 5.41) is 8.93. The number of hydrogen-bond acceptors (Lipinski definition) is 3. The highest BCUT2D eigenvalue weighted by Gasteiger charge is 2.20. The van der Waals surface area contributed by atoms with Crippen LogP contribution in [0.15, 0.2) is 41.4 Å². The molecule has 0 saturated heterocycles. The predicted octanol–water partition coefficient (Wildman–Crippen LogP) is 1.83. The Bertz CT molecular complexity index is 745. The number of carbonyl (C=O) groups is 1. The normalized spacial score (nSPS) is 11.3. The summed E-state index contributed by atoms with van der Waals surface area (Å²) in [4.78, 5) is 10.8. The molecule has 0 unspecified atom stereocenters. The summed E-state index contributed by atoms with van der Waals surface area (Å²) in [5.41, 5.74) is 1.35. The Morgan fingerprint density at radius 2 is 1.85 bits per heavy atom. The molecule has 20 heavy (non-hydrogen) atoms. The summed E-state index contributed by atoms with van der Waals surface area (Å²) in [6.45, 7) is 1.90. The van der Waals surface area contributed by atoms with Gasteiger partial charge < -0.3 is 9.67 Å². The lowest BCUT2D eigenvalue weighted by atomic mass is 10.2. The van der Waals surface area contributed by atoms with Crippen LogP contribution in [0.1, 0.15) is 16.1 Å². The highest BCUT2D eigenvalue weighted by atomic mass is 32.2. The van der Waals surface area contributed by atoms with Gasteiger partial charge >= 0.3 is 5.97 Å². The van der Waals surface area contributed by atoms with Gasteiger partial charge in [-0.25, -0.2) is 13.2 Å². The van der Waals surface area contributed by atoms with Crippen molar-refractivity contribution in [1.29, 1.82) is 0 Å². The first kappa shape index (κ1) is 14.1. The molecule has 2 rings (SSSR count). The lowest BCUT2D eigenvalue weighted by Gasteiger charge is -2.06. The number of carboxylic acid groups (broad SMARTS) is 1. The zero-order chi connectivity index (χ0) is 14.9. The van der Waals surface area contributed by atoms with Crippen LogP contribution in [0.2, 0.25) is 0 Å². The maximum atomic E-state index is 12.2. The second kappa shape index (κ2) is 5.01. The van der Waals surface area contributed by atoms with Crippen LogP contribution < -0.4 is 4.72 Å². The average molecular weight is 294 g/mol. The number of rotatable bonds is 4. The third kappa shape index (κ3) is 2.83. The summed E-state index contributed by atoms with van der Waals surface area (Å²) in [7, 11) is -2.32. The second-order valence-corrected chi connectivity index (χ2v) is 6.13. The minimum Gasteiger partial charge on any atom is -0.477 e. The van der Waals surface area contributed by atoms with Gasteiger partial charge in [-0.15, -0.1) is 0 Å². The largest absolute Gasteiger partial charge is 0.477 e. The van der Waals surface area contributed by atoms with E-state index in [9.17, 15) is 13.2 Å². The number of aromatic nitrogens is 1. The Balaban J connectivity index is 2.33. The fraction of sp³-hybridized carbons (Fsp3) is 0.154. The lowest BCUT2D eigenvalue weighted by Crippen LogP contribution is -2.12. The lowest BCUT2D eigenvalue weighted by molar-refractivity contribution is 0.0686. The molecule has 2 aromatic rings. The molecular weight excluding hydrogens is 280 g/mol. The van der Waals surface area contributed by atoms with Crippen molar-refractivity contribution in [3.8, 4) is 0 Å². The van der Waals surface area contributed by atoms with Crippen LogP contribution in [0.3, 0.4) is 0 Å². The van der Waals surface area contributed by atoms with Gasteiger partial charge in [0.25, 0.3) is 10.0 Å². The summed E-state index contributed by atoms with van der Waals surface area (Å²) >= 11 is 0. The molecule has 0 aliphatic carbocycles. The number of aromatic carboxylic acids is 1. The molecule has 0 bridgehead atoms. The first-order valence-corrected chi connectivity index (χ1v) is 7.27. The van der Waals surface area contributed by atoms with E-state index in [2.05, 4.69) is 4.72 Å². The minimum atomic E-state index is -3.80. The van der Waals surface area contributed by atoms with Crippen LogP contribution in [0, 0.1) is 6.92 Å². The van der Waals surface area contributed by atoms with E-state index in [1.165, 1.54) is 17.8 Å². The molecule has 2 N–H and O–H groups in total. The molecule has 1 heterocycles. The molecular formula is C13H14N2O4S. The van der Waals surface area contributed by atoms with Crippen molar-refractivity contribution in [3.05, 3.63) is 47.8 Å². The van der Waals surface area contributed by atoms with Crippen molar-refractivity contribution in [2.75, 3.05) is 4.72 Å². The summed E-state index contributed by atoms with van der Waals surface area (Å²) in [6, 6.07) is 7.98. The van der Waals surface area contributed by atoms with Crippen molar-refractivity contribution in [2.45, 2.75) is 11.8 Å². The van der Waals surface area contributed by atoms with Crippen LogP contribution in [0.25, 0.3) is 0 Å². The number of nitrogens with zero attached hydrogens (tertiary/aromatic N) is 1. The van der Waals surface area contributed by atoms with E-state index < -0.39 is 16.0 Å². The number of hydrogen-bond donors (Lipinski definition) is 2. The van der Waals surface area contributed by atoms with Crippen molar-refractivity contribution in [1.82, 2.24) is 4.57 Å². The number of benzene rings is 1. The highest BCUT2D eigenvalue weighted by Crippen LogP contribution is 2.18. The van der Waals surface area contributed by atoms with E-state index in [0.29, 0.717) is 5.69 Å². The Morgan fingerprint density at radius 1 is 1.25 bits per heavy atom. The molecule has 106 valence electrons. The number of carboxylic acids is 1. The summed E-state index contributed by atoms with van der Waals surface area (Å²) in [6.07, 6.45) is 1.26. The van der Waals surface area contributed by atoms with Gasteiger partial charge in [-0.05, 0) is 25.1 Å². The van der Waals surface area contributed by atoms with E-state index in [4.69, 9.17) is 5.11 Å². The van der Waals surface area contributed by atoms with Gasteiger partial charge in [0.1, 0.15) is 10.6 Å². The quantitative estimate of drug-likeness (QED) is 0.900. The standard InChI is InChI=1S/C13H14N2O4S/c1-9-3-5-10(6-4-9)14-20(18,19)11-7-12(13(16)17)15(2)8-11/h3-8,14H,1-2H3,(H,16,17). The number of aryl methyl sites for hydroxylation is 2. The Labute approximate surface area is 116 Å². The third-order valence-electron chi connectivity index (χ3n) is 2.81. The molecule has 0 amide bonds. The third-order valence-corrected chi connectivity index (χ3v) is 4.16. The Hall–Kier alpha value is -2.28. The van der Waals surface area contributed by atoms with Crippen LogP contribution in [0.5, 0.6) is 0 Å². The van der Waals surface area contributed by atoms with Crippen molar-refractivity contribution in [3.63, 3.8) is 0 Å². The second-order valence-electron chi connectivity index (χ2n) is 4.45. The van der Waals surface area contributed by atoms with E-state index in [-0.39, 0.29) is 10.6 Å². The molecule has 1 aromatic heterocycles. The smallest absolute Gasteiger partial charge is 0.352 e. The van der Waals surface area contributed by atoms with Gasteiger partial charge in [0.05, 0.1) is 0 Å². The molecule has 1 aromatic carbocycles. The molecule has 6 nitrogen and oxygen atoms in total. The monoisotopic (exact) mass is 294 g/mol. The van der Waals surface area contributed by atoms with Crippen LogP contribution in [-0.4, -0.2) is 24.1 Å². The van der Waals surface area contributed by atoms with Crippen LogP contribution >= 0.6 is 0 Å². The minimum absolute atomic E-state index is 0.0852. The van der Waals surface area contributed by atoms with Gasteiger partial charge in [-0.2, -0.15) is 0 Å². The molecule has 0 aliphatic rings. The number of nitrogens with one attached hydrogen (secondary N) is 1. The zero-order valence-corrected chi connectivity index (χ0v) is 11.8. The van der Waals surface area contributed by atoms with Crippen molar-refractivity contribution < 1.29 is 18.3 Å². The van der Waals surface area contributed by atoms with Gasteiger partial charge in [0.2, 0.25) is 0 Å². The van der Waals surface area contributed by atoms with E-state index in [1.807, 2.05) is 6.92 Å². The topological polar surface area (TPSA) is 88.4 Å². The molecule has 7 heteroatoms. The maximum Gasteiger partial charge on any atom is 0.352 e. The zero-order valence-electron chi connectivity index (χ0n) is 11.0. The summed E-state index contributed by atoms with van der Waals surface area (Å²) in [5.74, 6) is -1.18. The first-order chi connectivity index (χ1) is 9.29. The van der Waals surface area contributed by atoms with Gasteiger partial charge in [-0.1, -0.05) is 17.7 Å². The van der Waals surface area contributed by atoms with Gasteiger partial charge in [0.15, 0.2) is 0 Å². The summed E-state index contributed by atoms with van der Waals surface area (Å²) < 4.78 is 28.0. The molecule has 0 radical (unpaired) electrons. The van der Waals surface area contributed by atoms with Gasteiger partial charge in [0, 0.05) is 18.9 Å². The average Bonchev–Trinajstić information content (AvgIpc) is 2.75. The predicted molar refractivity (Wildman–Crippen MR) is 74.4 cm³/mol. The SMILES string of the molecule is Cc1ccc(NS(=O)(=O)c2cc(C(=O)O)n(C)c2)cc1. The van der Waals surface area contributed by atoms with Crippen molar-refractivity contribution >= 4 is 21.7 Å². The van der Waals surface area contributed by atoms with Crippen LogP contribution in [0.4, 0.5) is 5.69 Å². The molecule has 0 spiro atoms. The first-order valence-electron chi connectivity index (χ1n) is 5.79. The maximum absolute atomic E-state index is 12.2. The highest BCUT2D eigenvalue weighted by molar-refractivity contribution is 7.92. The molecule has 0 aliphatic heterocycles. The molecule has 0 fully saturated rings. The Kier molecular flexibility index (Phi) is 3.54. The van der Waals surface area contributed by atoms with Crippen molar-refractivity contribution in [2.24, 2.45) is 7.05 Å². The fourth-order valence-electron chi connectivity index (χ4n) is 1.73. The van der Waals surface area contributed by atoms with Gasteiger partial charge in [-0.3, -0.25) is 4.72 Å². The number of sulfonamides is 1.